The van der Waals surface area contributed by atoms with Crippen LogP contribution in [0.4, 0.5) is 0 Å². The molecule has 2 heterocycles. The van der Waals surface area contributed by atoms with Gasteiger partial charge in [-0.2, -0.15) is 0 Å². The molecule has 1 aliphatic carbocycles. The first kappa shape index (κ1) is 13.8. The van der Waals surface area contributed by atoms with Crippen molar-refractivity contribution < 1.29 is 4.74 Å². The van der Waals surface area contributed by atoms with Gasteiger partial charge in [0.2, 0.25) is 0 Å². The average Bonchev–Trinajstić information content (AvgIpc) is 2.47. The molecule has 0 amide bonds. The molecule has 3 heteroatoms. The van der Waals surface area contributed by atoms with Crippen LogP contribution in [0.25, 0.3) is 0 Å². The van der Waals surface area contributed by atoms with Crippen LogP contribution in [0.5, 0.6) is 0 Å². The normalized spacial score (nSPS) is 38.7. The van der Waals surface area contributed by atoms with Crippen LogP contribution in [0.15, 0.2) is 0 Å². The van der Waals surface area contributed by atoms with Gasteiger partial charge in [-0.3, -0.25) is 4.90 Å². The molecule has 0 aromatic heterocycles. The minimum atomic E-state index is 0.577. The SMILES string of the molecule is CC(CC1COCCN1)N1CCC[C@H]2CCCC[C@H]21. The Labute approximate surface area is 118 Å². The third kappa shape index (κ3) is 3.32. The standard InChI is InChI=1S/C16H30N2O/c1-13(11-15-12-19-10-8-17-15)18-9-4-6-14-5-2-3-7-16(14)18/h13-17H,2-12H2,1H3/t13?,14-,15?,16-/m1/s1. The number of nitrogens with one attached hydrogen (secondary N) is 1. The summed E-state index contributed by atoms with van der Waals surface area (Å²) in [6.45, 7) is 6.60. The number of nitrogens with zero attached hydrogens (tertiary/aromatic N) is 1. The molecule has 3 nitrogen and oxygen atoms in total. The molecule has 1 N–H and O–H groups in total. The largest absolute Gasteiger partial charge is 0.379 e. The third-order valence-corrected chi connectivity index (χ3v) is 5.48. The summed E-state index contributed by atoms with van der Waals surface area (Å²) in [6, 6.07) is 2.18. The zero-order valence-electron chi connectivity index (χ0n) is 12.4. The minimum Gasteiger partial charge on any atom is -0.379 e. The van der Waals surface area contributed by atoms with E-state index in [1.807, 2.05) is 0 Å². The summed E-state index contributed by atoms with van der Waals surface area (Å²) >= 11 is 0. The molecule has 0 spiro atoms. The fourth-order valence-corrected chi connectivity index (χ4v) is 4.53. The van der Waals surface area contributed by atoms with E-state index in [1.165, 1.54) is 51.5 Å². The molecular weight excluding hydrogens is 236 g/mol. The lowest BCUT2D eigenvalue weighted by Crippen LogP contribution is -2.53. The van der Waals surface area contributed by atoms with Crippen LogP contribution in [0, 0.1) is 5.92 Å². The predicted molar refractivity (Wildman–Crippen MR) is 78.4 cm³/mol. The summed E-state index contributed by atoms with van der Waals surface area (Å²) in [5.74, 6) is 1.00. The molecule has 19 heavy (non-hydrogen) atoms. The summed E-state index contributed by atoms with van der Waals surface area (Å²) in [7, 11) is 0. The van der Waals surface area contributed by atoms with Crippen molar-refractivity contribution in [1.82, 2.24) is 10.2 Å². The first-order valence-corrected chi connectivity index (χ1v) is 8.41. The molecule has 3 rings (SSSR count). The molecule has 0 aromatic rings. The molecule has 0 bridgehead atoms. The molecule has 2 unspecified atom stereocenters. The molecular formula is C16H30N2O. The second kappa shape index (κ2) is 6.55. The monoisotopic (exact) mass is 266 g/mol. The van der Waals surface area contributed by atoms with Crippen molar-refractivity contribution in [3.05, 3.63) is 0 Å². The zero-order valence-corrected chi connectivity index (χ0v) is 12.4. The van der Waals surface area contributed by atoms with Crippen molar-refractivity contribution in [3.63, 3.8) is 0 Å². The number of hydrogen-bond acceptors (Lipinski definition) is 3. The maximum Gasteiger partial charge on any atom is 0.0620 e. The van der Waals surface area contributed by atoms with Crippen LogP contribution in [0.2, 0.25) is 0 Å². The number of ether oxygens (including phenoxy) is 1. The average molecular weight is 266 g/mol. The summed E-state index contributed by atoms with van der Waals surface area (Å²) in [4.78, 5) is 2.84. The molecule has 3 aliphatic rings. The van der Waals surface area contributed by atoms with Gasteiger partial charge >= 0.3 is 0 Å². The maximum absolute atomic E-state index is 5.60. The van der Waals surface area contributed by atoms with E-state index in [4.69, 9.17) is 4.74 Å². The quantitative estimate of drug-likeness (QED) is 0.849. The van der Waals surface area contributed by atoms with Gasteiger partial charge in [-0.05, 0) is 51.5 Å². The number of morpholine rings is 1. The van der Waals surface area contributed by atoms with Crippen LogP contribution in [-0.4, -0.2) is 49.3 Å². The zero-order chi connectivity index (χ0) is 13.1. The van der Waals surface area contributed by atoms with Crippen LogP contribution in [-0.2, 0) is 4.74 Å². The van der Waals surface area contributed by atoms with Gasteiger partial charge in [0.1, 0.15) is 0 Å². The second-order valence-corrected chi connectivity index (χ2v) is 6.80. The highest BCUT2D eigenvalue weighted by molar-refractivity contribution is 4.90. The second-order valence-electron chi connectivity index (χ2n) is 6.80. The highest BCUT2D eigenvalue weighted by Crippen LogP contribution is 2.36. The molecule has 0 aromatic carbocycles. The van der Waals surface area contributed by atoms with E-state index >= 15 is 0 Å². The Morgan fingerprint density at radius 3 is 2.89 bits per heavy atom. The Hall–Kier alpha value is -0.120. The molecule has 2 saturated heterocycles. The molecule has 2 aliphatic heterocycles. The van der Waals surface area contributed by atoms with Gasteiger partial charge in [0.05, 0.1) is 13.2 Å². The van der Waals surface area contributed by atoms with Crippen LogP contribution in [0.3, 0.4) is 0 Å². The van der Waals surface area contributed by atoms with Crippen LogP contribution < -0.4 is 5.32 Å². The minimum absolute atomic E-state index is 0.577. The Morgan fingerprint density at radius 2 is 2.05 bits per heavy atom. The molecule has 110 valence electrons. The summed E-state index contributed by atoms with van der Waals surface area (Å²) in [5.41, 5.74) is 0. The van der Waals surface area contributed by atoms with Crippen molar-refractivity contribution in [2.45, 2.75) is 70.0 Å². The van der Waals surface area contributed by atoms with Gasteiger partial charge in [-0.25, -0.2) is 0 Å². The van der Waals surface area contributed by atoms with Gasteiger partial charge in [0, 0.05) is 24.7 Å². The van der Waals surface area contributed by atoms with E-state index in [9.17, 15) is 0 Å². The molecule has 3 fully saturated rings. The lowest BCUT2D eigenvalue weighted by atomic mass is 9.77. The number of fused-ring (bicyclic) bond motifs is 1. The number of piperidine rings is 1. The van der Waals surface area contributed by atoms with Gasteiger partial charge in [0.15, 0.2) is 0 Å². The first-order valence-electron chi connectivity index (χ1n) is 8.41. The lowest BCUT2D eigenvalue weighted by molar-refractivity contribution is 0.0126. The Bertz CT molecular complexity index is 276. The number of rotatable bonds is 3. The van der Waals surface area contributed by atoms with E-state index in [2.05, 4.69) is 17.1 Å². The van der Waals surface area contributed by atoms with Crippen molar-refractivity contribution in [3.8, 4) is 0 Å². The van der Waals surface area contributed by atoms with Crippen molar-refractivity contribution >= 4 is 0 Å². The molecule has 4 atom stereocenters. The van der Waals surface area contributed by atoms with Gasteiger partial charge in [0.25, 0.3) is 0 Å². The van der Waals surface area contributed by atoms with Crippen LogP contribution in [0.1, 0.15) is 51.9 Å². The molecule has 0 radical (unpaired) electrons. The third-order valence-electron chi connectivity index (χ3n) is 5.48. The fraction of sp³-hybridized carbons (Fsp3) is 1.00. The number of likely N-dealkylation sites (tertiary alicyclic amines) is 1. The van der Waals surface area contributed by atoms with E-state index in [0.717, 1.165) is 31.7 Å². The predicted octanol–water partition coefficient (Wildman–Crippen LogP) is 2.41. The van der Waals surface area contributed by atoms with Crippen LogP contribution >= 0.6 is 0 Å². The number of hydrogen-bond donors (Lipinski definition) is 1. The highest BCUT2D eigenvalue weighted by Gasteiger charge is 2.35. The fourth-order valence-electron chi connectivity index (χ4n) is 4.53. The first-order chi connectivity index (χ1) is 9.34. The van der Waals surface area contributed by atoms with Gasteiger partial charge < -0.3 is 10.1 Å². The topological polar surface area (TPSA) is 24.5 Å². The Balaban J connectivity index is 1.56. The van der Waals surface area contributed by atoms with Crippen molar-refractivity contribution in [2.75, 3.05) is 26.3 Å². The van der Waals surface area contributed by atoms with E-state index in [-0.39, 0.29) is 0 Å². The van der Waals surface area contributed by atoms with Gasteiger partial charge in [-0.1, -0.05) is 12.8 Å². The lowest BCUT2D eigenvalue weighted by Gasteiger charge is -2.47. The van der Waals surface area contributed by atoms with Crippen molar-refractivity contribution in [1.29, 1.82) is 0 Å². The van der Waals surface area contributed by atoms with E-state index in [1.54, 1.807) is 0 Å². The summed E-state index contributed by atoms with van der Waals surface area (Å²) in [5, 5.41) is 3.61. The van der Waals surface area contributed by atoms with E-state index in [0.29, 0.717) is 12.1 Å². The van der Waals surface area contributed by atoms with Gasteiger partial charge in [-0.15, -0.1) is 0 Å². The van der Waals surface area contributed by atoms with Crippen molar-refractivity contribution in [2.24, 2.45) is 5.92 Å². The highest BCUT2D eigenvalue weighted by atomic mass is 16.5. The summed E-state index contributed by atoms with van der Waals surface area (Å²) in [6.07, 6.45) is 10.0. The maximum atomic E-state index is 5.60. The smallest absolute Gasteiger partial charge is 0.0620 e. The molecule has 1 saturated carbocycles. The Kier molecular flexibility index (Phi) is 4.78. The Morgan fingerprint density at radius 1 is 1.21 bits per heavy atom. The van der Waals surface area contributed by atoms with E-state index < -0.39 is 0 Å². The summed E-state index contributed by atoms with van der Waals surface area (Å²) < 4.78 is 5.60.